The summed E-state index contributed by atoms with van der Waals surface area (Å²) in [6, 6.07) is 6.23. The lowest BCUT2D eigenvalue weighted by atomic mass is 10.2. The first-order valence-electron chi connectivity index (χ1n) is 10.2. The predicted octanol–water partition coefficient (Wildman–Crippen LogP) is 2.59. The molecule has 0 aliphatic carbocycles. The second-order valence-corrected chi connectivity index (χ2v) is 7.68. The summed E-state index contributed by atoms with van der Waals surface area (Å²) in [5.74, 6) is 0.624. The van der Waals surface area contributed by atoms with Crippen LogP contribution >= 0.6 is 11.6 Å². The van der Waals surface area contributed by atoms with Crippen LogP contribution in [-0.4, -0.2) is 45.3 Å². The molecule has 0 unspecified atom stereocenters. The van der Waals surface area contributed by atoms with Gasteiger partial charge in [0.15, 0.2) is 11.6 Å². The van der Waals surface area contributed by atoms with E-state index in [1.54, 1.807) is 31.2 Å². The van der Waals surface area contributed by atoms with Crippen LogP contribution in [0.25, 0.3) is 17.2 Å². The van der Waals surface area contributed by atoms with Gasteiger partial charge in [-0.15, -0.1) is 10.2 Å². The topological polar surface area (TPSA) is 116 Å². The lowest BCUT2D eigenvalue weighted by Crippen LogP contribution is -2.27. The van der Waals surface area contributed by atoms with Gasteiger partial charge in [-0.3, -0.25) is 9.36 Å². The summed E-state index contributed by atoms with van der Waals surface area (Å²) >= 11 is 5.90. The number of halogens is 4. The van der Waals surface area contributed by atoms with E-state index < -0.39 is 30.4 Å². The monoisotopic (exact) mass is 494 g/mol. The van der Waals surface area contributed by atoms with E-state index in [-0.39, 0.29) is 24.0 Å². The van der Waals surface area contributed by atoms with Crippen LogP contribution in [0, 0.1) is 0 Å². The summed E-state index contributed by atoms with van der Waals surface area (Å²) in [4.78, 5) is 35.9. The first kappa shape index (κ1) is 23.4. The van der Waals surface area contributed by atoms with Gasteiger partial charge in [0.05, 0.1) is 6.42 Å². The number of alkyl halides is 3. The molecule has 0 bridgehead atoms. The fourth-order valence-corrected chi connectivity index (χ4v) is 3.41. The minimum Gasteiger partial charge on any atom is -0.324 e. The summed E-state index contributed by atoms with van der Waals surface area (Å²) in [6.07, 6.45) is -2.48. The van der Waals surface area contributed by atoms with Crippen molar-refractivity contribution in [1.82, 2.24) is 39.1 Å². The molecule has 0 saturated heterocycles. The van der Waals surface area contributed by atoms with E-state index in [0.29, 0.717) is 22.8 Å². The molecule has 0 aliphatic heterocycles. The molecule has 4 rings (SSSR count). The van der Waals surface area contributed by atoms with Crippen molar-refractivity contribution in [3.8, 4) is 17.2 Å². The molecular weight excluding hydrogens is 477 g/mol. The number of nitrogens with one attached hydrogen (secondary N) is 1. The van der Waals surface area contributed by atoms with E-state index in [0.717, 1.165) is 9.25 Å². The molecule has 4 aromatic rings. The fourth-order valence-electron chi connectivity index (χ4n) is 3.28. The summed E-state index contributed by atoms with van der Waals surface area (Å²) in [7, 11) is 0. The Hall–Kier alpha value is -3.74. The molecule has 10 nitrogen and oxygen atoms in total. The smallest absolute Gasteiger partial charge is 0.324 e. The number of aromatic amines is 1. The van der Waals surface area contributed by atoms with E-state index >= 15 is 0 Å². The number of H-pyrrole nitrogens is 1. The fraction of sp³-hybridized carbons (Fsp3) is 0.300. The van der Waals surface area contributed by atoms with Gasteiger partial charge < -0.3 is 4.98 Å². The van der Waals surface area contributed by atoms with Gasteiger partial charge in [-0.05, 0) is 24.3 Å². The van der Waals surface area contributed by atoms with Crippen molar-refractivity contribution in [3.63, 3.8) is 0 Å². The number of nitrogens with zero attached hydrogens (tertiary/aromatic N) is 7. The van der Waals surface area contributed by atoms with Crippen molar-refractivity contribution in [2.75, 3.05) is 0 Å². The average molecular weight is 495 g/mol. The number of aromatic nitrogens is 8. The molecule has 3 aromatic heterocycles. The third-order valence-electron chi connectivity index (χ3n) is 4.86. The maximum atomic E-state index is 13.0. The van der Waals surface area contributed by atoms with Gasteiger partial charge in [0.25, 0.3) is 5.56 Å². The quantitative estimate of drug-likeness (QED) is 0.422. The van der Waals surface area contributed by atoms with E-state index in [2.05, 4.69) is 25.1 Å². The normalized spacial score (nSPS) is 11.8. The SMILES string of the molecule is CCc1nc(Cn2nc(-c3ccc(Cl)cc3)n(CCC(F)(F)F)c2=O)nn1-c1ncc[nH]c1=O. The highest BCUT2D eigenvalue weighted by Gasteiger charge is 2.28. The van der Waals surface area contributed by atoms with Crippen LogP contribution in [0.5, 0.6) is 0 Å². The number of rotatable bonds is 7. The molecule has 1 aromatic carbocycles. The Kier molecular flexibility index (Phi) is 6.37. The van der Waals surface area contributed by atoms with Gasteiger partial charge in [0.1, 0.15) is 12.4 Å². The number of benzene rings is 1. The van der Waals surface area contributed by atoms with Crippen LogP contribution < -0.4 is 11.2 Å². The molecule has 0 amide bonds. The molecule has 178 valence electrons. The standard InChI is InChI=1S/C20H18ClF3N8O2/c1-2-15-27-14(28-32(15)17-18(33)26-9-8-25-17)11-31-19(34)30(10-7-20(22,23)24)16(29-31)12-3-5-13(21)6-4-12/h3-6,8-9H,2,7,10-11H2,1H3,(H,26,33). The summed E-state index contributed by atoms with van der Waals surface area (Å²) in [6.45, 7) is 0.979. The van der Waals surface area contributed by atoms with Gasteiger partial charge in [0.2, 0.25) is 5.82 Å². The van der Waals surface area contributed by atoms with Gasteiger partial charge >= 0.3 is 11.9 Å². The zero-order valence-corrected chi connectivity index (χ0v) is 18.5. The van der Waals surface area contributed by atoms with Crippen molar-refractivity contribution in [3.05, 3.63) is 74.2 Å². The van der Waals surface area contributed by atoms with Crippen LogP contribution in [0.15, 0.2) is 46.2 Å². The van der Waals surface area contributed by atoms with Crippen LogP contribution in [0.4, 0.5) is 13.2 Å². The Bertz CT molecular complexity index is 1420. The second-order valence-electron chi connectivity index (χ2n) is 7.24. The molecule has 0 fully saturated rings. The van der Waals surface area contributed by atoms with Gasteiger partial charge in [-0.1, -0.05) is 18.5 Å². The highest BCUT2D eigenvalue weighted by Crippen LogP contribution is 2.23. The zero-order valence-electron chi connectivity index (χ0n) is 17.8. The Morgan fingerprint density at radius 1 is 1.12 bits per heavy atom. The molecule has 1 N–H and O–H groups in total. The number of hydrogen-bond donors (Lipinski definition) is 1. The van der Waals surface area contributed by atoms with E-state index in [4.69, 9.17) is 11.6 Å². The van der Waals surface area contributed by atoms with Gasteiger partial charge in [-0.25, -0.2) is 19.4 Å². The van der Waals surface area contributed by atoms with E-state index in [1.807, 2.05) is 0 Å². The highest BCUT2D eigenvalue weighted by atomic mass is 35.5. The van der Waals surface area contributed by atoms with Gasteiger partial charge in [0, 0.05) is 35.9 Å². The van der Waals surface area contributed by atoms with Crippen molar-refractivity contribution in [1.29, 1.82) is 0 Å². The van der Waals surface area contributed by atoms with Crippen molar-refractivity contribution in [2.24, 2.45) is 0 Å². The van der Waals surface area contributed by atoms with E-state index in [9.17, 15) is 22.8 Å². The Balaban J connectivity index is 1.74. The minimum absolute atomic E-state index is 0.00278. The largest absolute Gasteiger partial charge is 0.390 e. The first-order chi connectivity index (χ1) is 16.2. The van der Waals surface area contributed by atoms with Crippen molar-refractivity contribution >= 4 is 11.6 Å². The molecule has 0 atom stereocenters. The first-order valence-corrected chi connectivity index (χ1v) is 10.5. The number of hydrogen-bond acceptors (Lipinski definition) is 6. The van der Waals surface area contributed by atoms with Crippen LogP contribution in [0.3, 0.4) is 0 Å². The maximum Gasteiger partial charge on any atom is 0.390 e. The van der Waals surface area contributed by atoms with Crippen LogP contribution in [-0.2, 0) is 19.5 Å². The second kappa shape index (κ2) is 9.25. The molecule has 0 spiro atoms. The Morgan fingerprint density at radius 3 is 2.50 bits per heavy atom. The van der Waals surface area contributed by atoms with Crippen LogP contribution in [0.1, 0.15) is 25.0 Å². The molecule has 3 heterocycles. The molecule has 0 radical (unpaired) electrons. The lowest BCUT2D eigenvalue weighted by Gasteiger charge is -2.08. The summed E-state index contributed by atoms with van der Waals surface area (Å²) in [5.41, 5.74) is -0.804. The van der Waals surface area contributed by atoms with Crippen LogP contribution in [0.2, 0.25) is 5.02 Å². The molecule has 0 saturated carbocycles. The number of aryl methyl sites for hydroxylation is 1. The Morgan fingerprint density at radius 2 is 1.85 bits per heavy atom. The predicted molar refractivity (Wildman–Crippen MR) is 116 cm³/mol. The molecule has 34 heavy (non-hydrogen) atoms. The molecule has 14 heteroatoms. The maximum absolute atomic E-state index is 13.0. The Labute approximate surface area is 194 Å². The van der Waals surface area contributed by atoms with E-state index in [1.165, 1.54) is 17.1 Å². The molecular formula is C20H18ClF3N8O2. The zero-order chi connectivity index (χ0) is 24.5. The minimum atomic E-state index is -4.45. The average Bonchev–Trinajstić information content (AvgIpc) is 3.33. The summed E-state index contributed by atoms with van der Waals surface area (Å²) < 4.78 is 41.8. The lowest BCUT2D eigenvalue weighted by molar-refractivity contribution is -0.136. The van der Waals surface area contributed by atoms with Crippen molar-refractivity contribution in [2.45, 2.75) is 39.0 Å². The highest BCUT2D eigenvalue weighted by molar-refractivity contribution is 6.30. The van der Waals surface area contributed by atoms with Crippen molar-refractivity contribution < 1.29 is 13.2 Å². The third-order valence-corrected chi connectivity index (χ3v) is 5.11. The molecule has 0 aliphatic rings. The third kappa shape index (κ3) is 4.93. The van der Waals surface area contributed by atoms with Gasteiger partial charge in [-0.2, -0.15) is 17.9 Å². The summed E-state index contributed by atoms with van der Waals surface area (Å²) in [5, 5.41) is 8.95.